The molecule has 1 rings (SSSR count). The number of hydrogen-bond donors (Lipinski definition) is 1. The van der Waals surface area contributed by atoms with Crippen LogP contribution >= 0.6 is 0 Å². The van der Waals surface area contributed by atoms with Gasteiger partial charge in [-0.15, -0.1) is 0 Å². The molecule has 0 spiro atoms. The van der Waals surface area contributed by atoms with Crippen molar-refractivity contribution >= 4 is 0 Å². The first-order chi connectivity index (χ1) is 7.99. The largest absolute Gasteiger partial charge is 0.381 e. The monoisotopic (exact) mass is 242 g/mol. The van der Waals surface area contributed by atoms with Crippen LogP contribution in [-0.2, 0) is 4.74 Å². The third kappa shape index (κ3) is 4.57. The van der Waals surface area contributed by atoms with Crippen molar-refractivity contribution in [2.24, 2.45) is 5.41 Å². The Morgan fingerprint density at radius 2 is 2.06 bits per heavy atom. The van der Waals surface area contributed by atoms with Crippen LogP contribution in [-0.4, -0.2) is 50.3 Å². The van der Waals surface area contributed by atoms with Gasteiger partial charge >= 0.3 is 0 Å². The maximum atomic E-state index is 5.64. The summed E-state index contributed by atoms with van der Waals surface area (Å²) in [6, 6.07) is 1.22. The maximum Gasteiger partial charge on any atom is 0.0547 e. The van der Waals surface area contributed by atoms with E-state index in [2.05, 4.69) is 45.0 Å². The fraction of sp³-hybridized carbons (Fsp3) is 1.00. The Labute approximate surface area is 107 Å². The lowest BCUT2D eigenvalue weighted by Crippen LogP contribution is -2.47. The quantitative estimate of drug-likeness (QED) is 0.740. The summed E-state index contributed by atoms with van der Waals surface area (Å²) in [6.45, 7) is 13.0. The first-order valence-corrected chi connectivity index (χ1v) is 7.00. The number of nitrogens with one attached hydrogen (secondary N) is 1. The van der Waals surface area contributed by atoms with Gasteiger partial charge in [-0.05, 0) is 26.8 Å². The molecule has 1 aliphatic rings. The van der Waals surface area contributed by atoms with Gasteiger partial charge in [0, 0.05) is 37.2 Å². The molecule has 0 aromatic carbocycles. The van der Waals surface area contributed by atoms with Crippen LogP contribution in [0.1, 0.15) is 40.5 Å². The van der Waals surface area contributed by atoms with Crippen LogP contribution in [0.25, 0.3) is 0 Å². The summed E-state index contributed by atoms with van der Waals surface area (Å²) >= 11 is 0. The van der Waals surface area contributed by atoms with Gasteiger partial charge in [-0.2, -0.15) is 0 Å². The third-order valence-electron chi connectivity index (χ3n) is 4.00. The maximum absolute atomic E-state index is 5.64. The number of hydrogen-bond acceptors (Lipinski definition) is 3. The van der Waals surface area contributed by atoms with Crippen molar-refractivity contribution in [3.8, 4) is 0 Å². The normalized spacial score (nSPS) is 27.0. The van der Waals surface area contributed by atoms with Crippen molar-refractivity contribution in [1.29, 1.82) is 0 Å². The molecular formula is C14H30N2O. The molecule has 1 aliphatic heterocycles. The topological polar surface area (TPSA) is 24.5 Å². The molecule has 3 heteroatoms. The summed E-state index contributed by atoms with van der Waals surface area (Å²) in [7, 11) is 2.24. The summed E-state index contributed by atoms with van der Waals surface area (Å²) in [5, 5.41) is 3.58. The molecule has 102 valence electrons. The van der Waals surface area contributed by atoms with Crippen LogP contribution in [0.2, 0.25) is 0 Å². The molecule has 17 heavy (non-hydrogen) atoms. The molecule has 0 bridgehead atoms. The average Bonchev–Trinajstić information content (AvgIpc) is 2.74. The Kier molecular flexibility index (Phi) is 5.90. The highest BCUT2D eigenvalue weighted by Crippen LogP contribution is 2.29. The number of rotatable bonds is 7. The SMILES string of the molecule is CCC(C)N(C)CC1(CNC(C)C)CCOC1. The zero-order valence-electron chi connectivity index (χ0n) is 12.3. The summed E-state index contributed by atoms with van der Waals surface area (Å²) in [6.07, 6.45) is 2.40. The van der Waals surface area contributed by atoms with Crippen LogP contribution in [0.3, 0.4) is 0 Å². The van der Waals surface area contributed by atoms with Gasteiger partial charge in [0.25, 0.3) is 0 Å². The summed E-state index contributed by atoms with van der Waals surface area (Å²) in [5.74, 6) is 0. The van der Waals surface area contributed by atoms with Gasteiger partial charge in [0.2, 0.25) is 0 Å². The molecule has 1 N–H and O–H groups in total. The van der Waals surface area contributed by atoms with Crippen molar-refractivity contribution < 1.29 is 4.74 Å². The first-order valence-electron chi connectivity index (χ1n) is 7.00. The van der Waals surface area contributed by atoms with Gasteiger partial charge in [-0.3, -0.25) is 0 Å². The minimum atomic E-state index is 0.322. The molecule has 0 aromatic rings. The fourth-order valence-corrected chi connectivity index (χ4v) is 2.39. The lowest BCUT2D eigenvalue weighted by molar-refractivity contribution is 0.102. The van der Waals surface area contributed by atoms with Gasteiger partial charge in [0.05, 0.1) is 6.61 Å². The van der Waals surface area contributed by atoms with E-state index in [0.29, 0.717) is 17.5 Å². The summed E-state index contributed by atoms with van der Waals surface area (Å²) in [5.41, 5.74) is 0.322. The van der Waals surface area contributed by atoms with Crippen molar-refractivity contribution in [3.63, 3.8) is 0 Å². The van der Waals surface area contributed by atoms with E-state index in [1.54, 1.807) is 0 Å². The lowest BCUT2D eigenvalue weighted by atomic mass is 9.86. The van der Waals surface area contributed by atoms with Crippen molar-refractivity contribution in [2.45, 2.75) is 52.6 Å². The molecule has 3 nitrogen and oxygen atoms in total. The molecule has 0 aromatic heterocycles. The smallest absolute Gasteiger partial charge is 0.0547 e. The van der Waals surface area contributed by atoms with Crippen LogP contribution in [0.15, 0.2) is 0 Å². The Balaban J connectivity index is 2.52. The Hall–Kier alpha value is -0.120. The summed E-state index contributed by atoms with van der Waals surface area (Å²) < 4.78 is 5.64. The van der Waals surface area contributed by atoms with E-state index < -0.39 is 0 Å². The minimum absolute atomic E-state index is 0.322. The highest BCUT2D eigenvalue weighted by atomic mass is 16.5. The van der Waals surface area contributed by atoms with Crippen LogP contribution in [0.4, 0.5) is 0 Å². The molecule has 0 aliphatic carbocycles. The zero-order valence-corrected chi connectivity index (χ0v) is 12.3. The number of ether oxygens (including phenoxy) is 1. The fourth-order valence-electron chi connectivity index (χ4n) is 2.39. The standard InChI is InChI=1S/C14H30N2O/c1-6-13(4)16(5)10-14(7-8-17-11-14)9-15-12(2)3/h12-13,15H,6-11H2,1-5H3. The lowest BCUT2D eigenvalue weighted by Gasteiger charge is -2.35. The van der Waals surface area contributed by atoms with Gasteiger partial charge in [-0.1, -0.05) is 20.8 Å². The van der Waals surface area contributed by atoms with E-state index >= 15 is 0 Å². The molecule has 2 atom stereocenters. The van der Waals surface area contributed by atoms with Crippen molar-refractivity contribution in [3.05, 3.63) is 0 Å². The molecule has 1 heterocycles. The highest BCUT2D eigenvalue weighted by Gasteiger charge is 2.36. The summed E-state index contributed by atoms with van der Waals surface area (Å²) in [4.78, 5) is 2.48. The van der Waals surface area contributed by atoms with Gasteiger partial charge in [0.1, 0.15) is 0 Å². The van der Waals surface area contributed by atoms with E-state index in [0.717, 1.165) is 26.3 Å². The van der Waals surface area contributed by atoms with Crippen LogP contribution < -0.4 is 5.32 Å². The number of nitrogens with zero attached hydrogens (tertiary/aromatic N) is 1. The molecule has 0 radical (unpaired) electrons. The minimum Gasteiger partial charge on any atom is -0.381 e. The molecule has 0 saturated carbocycles. The Morgan fingerprint density at radius 3 is 2.53 bits per heavy atom. The zero-order chi connectivity index (χ0) is 12.9. The predicted octanol–water partition coefficient (Wildman–Crippen LogP) is 2.12. The molecule has 0 amide bonds. The van der Waals surface area contributed by atoms with Gasteiger partial charge < -0.3 is 15.0 Å². The van der Waals surface area contributed by atoms with E-state index in [4.69, 9.17) is 4.74 Å². The van der Waals surface area contributed by atoms with Crippen molar-refractivity contribution in [2.75, 3.05) is 33.4 Å². The van der Waals surface area contributed by atoms with Crippen LogP contribution in [0.5, 0.6) is 0 Å². The van der Waals surface area contributed by atoms with Crippen LogP contribution in [0, 0.1) is 5.41 Å². The van der Waals surface area contributed by atoms with E-state index in [1.807, 2.05) is 0 Å². The second-order valence-electron chi connectivity index (χ2n) is 6.01. The van der Waals surface area contributed by atoms with E-state index in [1.165, 1.54) is 12.8 Å². The molecule has 1 fully saturated rings. The second-order valence-corrected chi connectivity index (χ2v) is 6.01. The van der Waals surface area contributed by atoms with E-state index in [-0.39, 0.29) is 0 Å². The van der Waals surface area contributed by atoms with E-state index in [9.17, 15) is 0 Å². The average molecular weight is 242 g/mol. The Bertz CT molecular complexity index is 212. The molecule has 1 saturated heterocycles. The van der Waals surface area contributed by atoms with Crippen molar-refractivity contribution in [1.82, 2.24) is 10.2 Å². The third-order valence-corrected chi connectivity index (χ3v) is 4.00. The Morgan fingerprint density at radius 1 is 1.35 bits per heavy atom. The molecule has 2 unspecified atom stereocenters. The first kappa shape index (κ1) is 14.9. The second kappa shape index (κ2) is 6.72. The predicted molar refractivity (Wildman–Crippen MR) is 73.4 cm³/mol. The van der Waals surface area contributed by atoms with Gasteiger partial charge in [-0.25, -0.2) is 0 Å². The molecular weight excluding hydrogens is 212 g/mol. The highest BCUT2D eigenvalue weighted by molar-refractivity contribution is 4.89. The van der Waals surface area contributed by atoms with Gasteiger partial charge in [0.15, 0.2) is 0 Å².